The van der Waals surface area contributed by atoms with Crippen molar-refractivity contribution < 1.29 is 5.11 Å². The summed E-state index contributed by atoms with van der Waals surface area (Å²) in [6.45, 7) is 8.39. The topological polar surface area (TPSA) is 38.0 Å². The highest BCUT2D eigenvalue weighted by Gasteiger charge is 2.18. The van der Waals surface area contributed by atoms with E-state index in [0.29, 0.717) is 11.7 Å². The number of hydrogen-bond acceptors (Lipinski definition) is 2. The van der Waals surface area contributed by atoms with E-state index in [-0.39, 0.29) is 0 Å². The highest BCUT2D eigenvalue weighted by atomic mass is 16.3. The van der Waals surface area contributed by atoms with E-state index in [2.05, 4.69) is 31.9 Å². The molecule has 1 heterocycles. The van der Waals surface area contributed by atoms with Gasteiger partial charge in [0.25, 0.3) is 0 Å². The van der Waals surface area contributed by atoms with Gasteiger partial charge in [-0.3, -0.25) is 0 Å². The van der Waals surface area contributed by atoms with Gasteiger partial charge in [-0.25, -0.2) is 4.68 Å². The van der Waals surface area contributed by atoms with Gasteiger partial charge in [0.15, 0.2) is 5.75 Å². The van der Waals surface area contributed by atoms with Gasteiger partial charge in [-0.05, 0) is 37.3 Å². The summed E-state index contributed by atoms with van der Waals surface area (Å²) in [6.07, 6.45) is 1.57. The van der Waals surface area contributed by atoms with E-state index in [1.807, 2.05) is 29.8 Å². The van der Waals surface area contributed by atoms with Crippen LogP contribution in [0.4, 0.5) is 0 Å². The van der Waals surface area contributed by atoms with Crippen molar-refractivity contribution in [3.8, 4) is 11.4 Å². The molecule has 0 bridgehead atoms. The van der Waals surface area contributed by atoms with Crippen molar-refractivity contribution in [2.45, 2.75) is 40.5 Å². The second-order valence-corrected chi connectivity index (χ2v) is 5.39. The smallest absolute Gasteiger partial charge is 0.160 e. The molecule has 0 aliphatic carbocycles. The van der Waals surface area contributed by atoms with E-state index in [1.54, 1.807) is 0 Å². The molecule has 2 aromatic rings. The predicted molar refractivity (Wildman–Crippen MR) is 77.9 cm³/mol. The van der Waals surface area contributed by atoms with E-state index in [0.717, 1.165) is 35.5 Å². The molecule has 1 aromatic carbocycles. The van der Waals surface area contributed by atoms with Gasteiger partial charge in [0, 0.05) is 0 Å². The van der Waals surface area contributed by atoms with Gasteiger partial charge in [0.1, 0.15) is 5.69 Å². The molecular weight excluding hydrogens is 236 g/mol. The molecule has 0 unspecified atom stereocenters. The monoisotopic (exact) mass is 258 g/mol. The van der Waals surface area contributed by atoms with Crippen molar-refractivity contribution in [1.29, 1.82) is 0 Å². The third kappa shape index (κ3) is 2.65. The number of benzene rings is 1. The summed E-state index contributed by atoms with van der Waals surface area (Å²) >= 11 is 0. The summed E-state index contributed by atoms with van der Waals surface area (Å²) in [4.78, 5) is 0. The van der Waals surface area contributed by atoms with Gasteiger partial charge in [0.05, 0.1) is 11.4 Å². The zero-order valence-electron chi connectivity index (χ0n) is 12.1. The van der Waals surface area contributed by atoms with Crippen molar-refractivity contribution in [2.75, 3.05) is 0 Å². The van der Waals surface area contributed by atoms with Crippen LogP contribution in [-0.4, -0.2) is 14.9 Å². The summed E-state index contributed by atoms with van der Waals surface area (Å²) in [5.74, 6) is 0.842. The van der Waals surface area contributed by atoms with Crippen molar-refractivity contribution in [1.82, 2.24) is 9.78 Å². The maximum atomic E-state index is 10.3. The number of aromatic nitrogens is 2. The third-order valence-electron chi connectivity index (χ3n) is 3.30. The minimum Gasteiger partial charge on any atom is -0.504 e. The van der Waals surface area contributed by atoms with Crippen molar-refractivity contribution in [3.63, 3.8) is 0 Å². The van der Waals surface area contributed by atoms with Gasteiger partial charge in [-0.15, -0.1) is 0 Å². The second kappa shape index (κ2) is 5.47. The predicted octanol–water partition coefficient (Wildman–Crippen LogP) is 3.65. The van der Waals surface area contributed by atoms with Gasteiger partial charge < -0.3 is 5.11 Å². The lowest BCUT2D eigenvalue weighted by Gasteiger charge is -2.11. The summed E-state index contributed by atoms with van der Waals surface area (Å²) < 4.78 is 1.91. The van der Waals surface area contributed by atoms with Crippen LogP contribution in [0.5, 0.6) is 5.75 Å². The molecule has 0 saturated carbocycles. The van der Waals surface area contributed by atoms with Gasteiger partial charge in [-0.2, -0.15) is 5.10 Å². The Balaban J connectivity index is 2.59. The van der Waals surface area contributed by atoms with Crippen LogP contribution < -0.4 is 0 Å². The van der Waals surface area contributed by atoms with Crippen LogP contribution in [0, 0.1) is 12.8 Å². The Labute approximate surface area is 114 Å². The van der Waals surface area contributed by atoms with Crippen molar-refractivity contribution >= 4 is 0 Å². The molecule has 0 spiro atoms. The Bertz CT molecular complexity index is 570. The maximum absolute atomic E-state index is 10.3. The molecule has 0 radical (unpaired) electrons. The fourth-order valence-electron chi connectivity index (χ4n) is 2.30. The lowest BCUT2D eigenvalue weighted by atomic mass is 10.1. The fourth-order valence-corrected chi connectivity index (χ4v) is 2.30. The molecule has 0 aliphatic rings. The summed E-state index contributed by atoms with van der Waals surface area (Å²) in [6, 6.07) is 8.14. The summed E-state index contributed by atoms with van der Waals surface area (Å²) in [7, 11) is 0. The van der Waals surface area contributed by atoms with Crippen LogP contribution in [0.1, 0.15) is 37.7 Å². The van der Waals surface area contributed by atoms with Crippen molar-refractivity contribution in [3.05, 3.63) is 41.2 Å². The minimum absolute atomic E-state index is 0.361. The first-order chi connectivity index (χ1) is 9.04. The van der Waals surface area contributed by atoms with Crippen LogP contribution in [0.2, 0.25) is 0 Å². The Morgan fingerprint density at radius 2 is 1.95 bits per heavy atom. The molecular formula is C16H22N2O. The minimum atomic E-state index is 0.361. The SMILES string of the molecule is CCc1nn(-c2ccccc2C)c(CC(C)C)c1O. The average molecular weight is 258 g/mol. The first-order valence-corrected chi connectivity index (χ1v) is 6.90. The van der Waals surface area contributed by atoms with Crippen LogP contribution >= 0.6 is 0 Å². The third-order valence-corrected chi connectivity index (χ3v) is 3.30. The number of para-hydroxylation sites is 1. The Kier molecular flexibility index (Phi) is 3.93. The standard InChI is InChI=1S/C16H22N2O/c1-5-13-16(19)15(10-11(2)3)18(17-13)14-9-7-6-8-12(14)4/h6-9,11,19H,5,10H2,1-4H3. The van der Waals surface area contributed by atoms with Gasteiger partial charge in [-0.1, -0.05) is 39.0 Å². The molecule has 0 amide bonds. The van der Waals surface area contributed by atoms with E-state index >= 15 is 0 Å². The van der Waals surface area contributed by atoms with E-state index in [9.17, 15) is 5.11 Å². The van der Waals surface area contributed by atoms with Gasteiger partial charge in [0.2, 0.25) is 0 Å². The molecule has 102 valence electrons. The largest absolute Gasteiger partial charge is 0.504 e. The second-order valence-electron chi connectivity index (χ2n) is 5.39. The molecule has 2 rings (SSSR count). The number of nitrogens with zero attached hydrogens (tertiary/aromatic N) is 2. The highest BCUT2D eigenvalue weighted by Crippen LogP contribution is 2.28. The Hall–Kier alpha value is -1.77. The van der Waals surface area contributed by atoms with E-state index < -0.39 is 0 Å². The first-order valence-electron chi connectivity index (χ1n) is 6.90. The molecule has 0 fully saturated rings. The number of aromatic hydroxyl groups is 1. The highest BCUT2D eigenvalue weighted by molar-refractivity contribution is 5.45. The number of aryl methyl sites for hydroxylation is 2. The van der Waals surface area contributed by atoms with Crippen LogP contribution in [0.25, 0.3) is 5.69 Å². The molecule has 19 heavy (non-hydrogen) atoms. The van der Waals surface area contributed by atoms with Crippen LogP contribution in [-0.2, 0) is 12.8 Å². The lowest BCUT2D eigenvalue weighted by molar-refractivity contribution is 0.455. The number of hydrogen-bond donors (Lipinski definition) is 1. The molecule has 3 nitrogen and oxygen atoms in total. The zero-order chi connectivity index (χ0) is 14.0. The van der Waals surface area contributed by atoms with E-state index in [4.69, 9.17) is 0 Å². The molecule has 0 saturated heterocycles. The first kappa shape index (κ1) is 13.7. The lowest BCUT2D eigenvalue weighted by Crippen LogP contribution is -2.07. The Morgan fingerprint density at radius 1 is 1.26 bits per heavy atom. The van der Waals surface area contributed by atoms with Crippen molar-refractivity contribution in [2.24, 2.45) is 5.92 Å². The zero-order valence-corrected chi connectivity index (χ0v) is 12.1. The summed E-state index contributed by atoms with van der Waals surface area (Å²) in [5.41, 5.74) is 3.91. The molecule has 0 aliphatic heterocycles. The fraction of sp³-hybridized carbons (Fsp3) is 0.438. The molecule has 1 N–H and O–H groups in total. The van der Waals surface area contributed by atoms with Gasteiger partial charge >= 0.3 is 0 Å². The average Bonchev–Trinajstić information content (AvgIpc) is 2.67. The Morgan fingerprint density at radius 3 is 2.53 bits per heavy atom. The van der Waals surface area contributed by atoms with E-state index in [1.165, 1.54) is 0 Å². The number of rotatable bonds is 4. The van der Waals surface area contributed by atoms with Crippen LogP contribution in [0.15, 0.2) is 24.3 Å². The molecule has 1 aromatic heterocycles. The molecule has 3 heteroatoms. The summed E-state index contributed by atoms with van der Waals surface area (Å²) in [5, 5.41) is 14.9. The molecule has 0 atom stereocenters. The van der Waals surface area contributed by atoms with Crippen LogP contribution in [0.3, 0.4) is 0 Å². The maximum Gasteiger partial charge on any atom is 0.160 e. The quantitative estimate of drug-likeness (QED) is 0.909. The normalized spacial score (nSPS) is 11.2.